The van der Waals surface area contributed by atoms with Gasteiger partial charge in [0.05, 0.1) is 0 Å². The number of benzene rings is 2. The van der Waals surface area contributed by atoms with E-state index in [1.807, 2.05) is 0 Å². The molecule has 0 saturated heterocycles. The Kier molecular flexibility index (Phi) is 5.40. The van der Waals surface area contributed by atoms with Crippen molar-refractivity contribution in [3.63, 3.8) is 0 Å². The van der Waals surface area contributed by atoms with Crippen molar-refractivity contribution in [3.8, 4) is 11.5 Å². The minimum Gasteiger partial charge on any atom is -0.485 e. The van der Waals surface area contributed by atoms with Crippen molar-refractivity contribution in [3.05, 3.63) is 54.1 Å². The van der Waals surface area contributed by atoms with E-state index in [1.54, 1.807) is 48.5 Å². The standard InChI is InChI=1S/C20H19NO6/c1-12(22)14-7-9-15(10-8-14)21-19(23)13(2)26-20(24)18-11-25-16-5-3-4-6-17(16)27-18/h3-10,13,18H,11H2,1-2H3,(H,21,23)/t13-,18+/m0/s1. The lowest BCUT2D eigenvalue weighted by Gasteiger charge is -2.25. The minimum absolute atomic E-state index is 0.0106. The predicted molar refractivity (Wildman–Crippen MR) is 97.0 cm³/mol. The van der Waals surface area contributed by atoms with Crippen LogP contribution in [-0.4, -0.2) is 36.5 Å². The van der Waals surface area contributed by atoms with Gasteiger partial charge in [-0.2, -0.15) is 0 Å². The smallest absolute Gasteiger partial charge is 0.351 e. The van der Waals surface area contributed by atoms with Crippen molar-refractivity contribution in [1.29, 1.82) is 0 Å². The molecule has 1 aliphatic rings. The van der Waals surface area contributed by atoms with Gasteiger partial charge in [0.1, 0.15) is 6.61 Å². The van der Waals surface area contributed by atoms with Crippen LogP contribution in [0.4, 0.5) is 5.69 Å². The second-order valence-electron chi connectivity index (χ2n) is 6.07. The monoisotopic (exact) mass is 369 g/mol. The summed E-state index contributed by atoms with van der Waals surface area (Å²) in [5.41, 5.74) is 1.04. The first-order chi connectivity index (χ1) is 12.9. The summed E-state index contributed by atoms with van der Waals surface area (Å²) in [5, 5.41) is 2.63. The molecule has 27 heavy (non-hydrogen) atoms. The second kappa shape index (κ2) is 7.90. The zero-order valence-corrected chi connectivity index (χ0v) is 14.9. The molecule has 7 heteroatoms. The highest BCUT2D eigenvalue weighted by atomic mass is 16.6. The van der Waals surface area contributed by atoms with E-state index in [1.165, 1.54) is 13.8 Å². The van der Waals surface area contributed by atoms with Crippen molar-refractivity contribution in [2.45, 2.75) is 26.1 Å². The minimum atomic E-state index is -1.02. The number of hydrogen-bond acceptors (Lipinski definition) is 6. The van der Waals surface area contributed by atoms with Crippen LogP contribution in [0.15, 0.2) is 48.5 Å². The average molecular weight is 369 g/mol. The molecular formula is C20H19NO6. The zero-order valence-electron chi connectivity index (χ0n) is 14.9. The molecule has 3 rings (SSSR count). The number of fused-ring (bicyclic) bond motifs is 1. The van der Waals surface area contributed by atoms with E-state index >= 15 is 0 Å². The summed E-state index contributed by atoms with van der Waals surface area (Å²) >= 11 is 0. The van der Waals surface area contributed by atoms with Crippen LogP contribution in [0.3, 0.4) is 0 Å². The lowest BCUT2D eigenvalue weighted by atomic mass is 10.1. The van der Waals surface area contributed by atoms with Crippen LogP contribution in [-0.2, 0) is 14.3 Å². The third-order valence-corrected chi connectivity index (χ3v) is 3.99. The highest BCUT2D eigenvalue weighted by Gasteiger charge is 2.31. The maximum absolute atomic E-state index is 12.3. The summed E-state index contributed by atoms with van der Waals surface area (Å²) in [4.78, 5) is 35.7. The molecule has 140 valence electrons. The molecule has 0 aliphatic carbocycles. The van der Waals surface area contributed by atoms with Crippen LogP contribution in [0.5, 0.6) is 11.5 Å². The van der Waals surface area contributed by atoms with Gasteiger partial charge in [-0.1, -0.05) is 12.1 Å². The number of hydrogen-bond donors (Lipinski definition) is 1. The Hall–Kier alpha value is -3.35. The molecule has 0 aromatic heterocycles. The SMILES string of the molecule is CC(=O)c1ccc(NC(=O)[C@H](C)OC(=O)[C@H]2COc3ccccc3O2)cc1. The number of ketones is 1. The number of carbonyl (C=O) groups excluding carboxylic acids is 3. The first-order valence-electron chi connectivity index (χ1n) is 8.45. The molecule has 0 bridgehead atoms. The summed E-state index contributed by atoms with van der Waals surface area (Å²) < 4.78 is 16.2. The van der Waals surface area contributed by atoms with E-state index in [-0.39, 0.29) is 12.4 Å². The number of para-hydroxylation sites is 2. The lowest BCUT2D eigenvalue weighted by molar-refractivity contribution is -0.162. The highest BCUT2D eigenvalue weighted by Crippen LogP contribution is 2.31. The summed E-state index contributed by atoms with van der Waals surface area (Å²) in [6, 6.07) is 13.4. The first-order valence-corrected chi connectivity index (χ1v) is 8.45. The summed E-state index contributed by atoms with van der Waals surface area (Å²) in [5.74, 6) is -0.226. The first kappa shape index (κ1) is 18.4. The quantitative estimate of drug-likeness (QED) is 0.643. The van der Waals surface area contributed by atoms with Crippen LogP contribution in [0.1, 0.15) is 24.2 Å². The number of nitrogens with one attached hydrogen (secondary N) is 1. The van der Waals surface area contributed by atoms with Gasteiger partial charge in [0.15, 0.2) is 23.4 Å². The molecule has 1 aliphatic heterocycles. The fourth-order valence-corrected chi connectivity index (χ4v) is 2.47. The lowest BCUT2D eigenvalue weighted by Crippen LogP contribution is -2.41. The molecule has 0 radical (unpaired) electrons. The molecule has 1 heterocycles. The van der Waals surface area contributed by atoms with Crippen molar-refractivity contribution in [2.24, 2.45) is 0 Å². The van der Waals surface area contributed by atoms with E-state index in [9.17, 15) is 14.4 Å². The van der Waals surface area contributed by atoms with Crippen molar-refractivity contribution < 1.29 is 28.6 Å². The molecule has 7 nitrogen and oxygen atoms in total. The summed E-state index contributed by atoms with van der Waals surface area (Å²) in [6.07, 6.45) is -1.96. The molecule has 0 unspecified atom stereocenters. The summed E-state index contributed by atoms with van der Waals surface area (Å²) in [7, 11) is 0. The van der Waals surface area contributed by atoms with Gasteiger partial charge in [0.2, 0.25) is 6.10 Å². The van der Waals surface area contributed by atoms with E-state index in [0.717, 1.165) is 0 Å². The Balaban J connectivity index is 1.55. The topological polar surface area (TPSA) is 90.9 Å². The Morgan fingerprint density at radius 1 is 1.07 bits per heavy atom. The number of amides is 1. The number of anilines is 1. The molecule has 2 aromatic carbocycles. The maximum Gasteiger partial charge on any atom is 0.351 e. The van der Waals surface area contributed by atoms with Gasteiger partial charge in [-0.3, -0.25) is 9.59 Å². The van der Waals surface area contributed by atoms with Gasteiger partial charge in [0.25, 0.3) is 5.91 Å². The zero-order chi connectivity index (χ0) is 19.4. The third-order valence-electron chi connectivity index (χ3n) is 3.99. The van der Waals surface area contributed by atoms with Crippen molar-refractivity contribution in [1.82, 2.24) is 0 Å². The normalized spacial score (nSPS) is 16.1. The van der Waals surface area contributed by atoms with E-state index < -0.39 is 24.1 Å². The molecule has 1 amide bonds. The molecule has 0 saturated carbocycles. The van der Waals surface area contributed by atoms with Gasteiger partial charge in [-0.15, -0.1) is 0 Å². The fraction of sp³-hybridized carbons (Fsp3) is 0.250. The Bertz CT molecular complexity index is 861. The Labute approximate surface area is 156 Å². The number of rotatable bonds is 5. The number of ether oxygens (including phenoxy) is 3. The van der Waals surface area contributed by atoms with Gasteiger partial charge >= 0.3 is 5.97 Å². The molecule has 0 fully saturated rings. The van der Waals surface area contributed by atoms with Crippen molar-refractivity contribution >= 4 is 23.3 Å². The van der Waals surface area contributed by atoms with E-state index in [0.29, 0.717) is 22.7 Å². The second-order valence-corrected chi connectivity index (χ2v) is 6.07. The number of Topliss-reactive ketones (excluding diaryl/α,β-unsaturated/α-hetero) is 1. The summed E-state index contributed by atoms with van der Waals surface area (Å²) in [6.45, 7) is 2.94. The predicted octanol–water partition coefficient (Wildman–Crippen LogP) is 2.60. The van der Waals surface area contributed by atoms with Gasteiger partial charge < -0.3 is 19.5 Å². The van der Waals surface area contributed by atoms with Crippen LogP contribution in [0, 0.1) is 0 Å². The number of esters is 1. The fourth-order valence-electron chi connectivity index (χ4n) is 2.47. The van der Waals surface area contributed by atoms with Gasteiger partial charge in [0, 0.05) is 11.3 Å². The third kappa shape index (κ3) is 4.44. The van der Waals surface area contributed by atoms with Crippen molar-refractivity contribution in [2.75, 3.05) is 11.9 Å². The van der Waals surface area contributed by atoms with E-state index in [2.05, 4.69) is 5.32 Å². The number of carbonyl (C=O) groups is 3. The van der Waals surface area contributed by atoms with Crippen LogP contribution < -0.4 is 14.8 Å². The van der Waals surface area contributed by atoms with Crippen LogP contribution in [0.25, 0.3) is 0 Å². The van der Waals surface area contributed by atoms with E-state index in [4.69, 9.17) is 14.2 Å². The molecule has 2 aromatic rings. The van der Waals surface area contributed by atoms with Gasteiger partial charge in [-0.05, 0) is 50.2 Å². The Morgan fingerprint density at radius 2 is 1.74 bits per heavy atom. The maximum atomic E-state index is 12.3. The van der Waals surface area contributed by atoms with Gasteiger partial charge in [-0.25, -0.2) is 4.79 Å². The molecule has 1 N–H and O–H groups in total. The van der Waals surface area contributed by atoms with Crippen LogP contribution >= 0.6 is 0 Å². The van der Waals surface area contributed by atoms with Crippen LogP contribution in [0.2, 0.25) is 0 Å². The molecular weight excluding hydrogens is 350 g/mol. The largest absolute Gasteiger partial charge is 0.485 e. The highest BCUT2D eigenvalue weighted by molar-refractivity contribution is 5.97. The molecule has 0 spiro atoms. The molecule has 2 atom stereocenters. The average Bonchev–Trinajstić information content (AvgIpc) is 2.67. The Morgan fingerprint density at radius 3 is 2.41 bits per heavy atom.